The molecule has 2 rings (SSSR count). The second-order valence-corrected chi connectivity index (χ2v) is 7.09. The molecule has 1 saturated carbocycles. The van der Waals surface area contributed by atoms with Gasteiger partial charge in [-0.1, -0.05) is 42.5 Å². The van der Waals surface area contributed by atoms with E-state index >= 15 is 0 Å². The van der Waals surface area contributed by atoms with E-state index in [0.717, 1.165) is 37.9 Å². The topological polar surface area (TPSA) is 9.23 Å². The number of hydrogen-bond donors (Lipinski definition) is 0. The zero-order valence-corrected chi connectivity index (χ0v) is 15.4. The van der Waals surface area contributed by atoms with Crippen molar-refractivity contribution in [2.75, 3.05) is 6.61 Å². The molecule has 0 aromatic heterocycles. The van der Waals surface area contributed by atoms with Gasteiger partial charge < -0.3 is 4.74 Å². The van der Waals surface area contributed by atoms with Gasteiger partial charge in [0.15, 0.2) is 0 Å². The van der Waals surface area contributed by atoms with E-state index in [9.17, 15) is 0 Å². The van der Waals surface area contributed by atoms with Crippen molar-refractivity contribution in [3.05, 3.63) is 60.2 Å². The molecule has 0 aliphatic heterocycles. The van der Waals surface area contributed by atoms with Crippen LogP contribution in [0.15, 0.2) is 49.1 Å². The van der Waals surface area contributed by atoms with Crippen molar-refractivity contribution in [2.45, 2.75) is 70.8 Å². The quantitative estimate of drug-likeness (QED) is 0.339. The molecule has 1 heteroatoms. The fourth-order valence-corrected chi connectivity index (χ4v) is 3.69. The molecule has 1 aliphatic rings. The van der Waals surface area contributed by atoms with Crippen molar-refractivity contribution < 1.29 is 4.74 Å². The Labute approximate surface area is 148 Å². The van der Waals surface area contributed by atoms with Gasteiger partial charge in [0.25, 0.3) is 0 Å². The second kappa shape index (κ2) is 11.3. The highest BCUT2D eigenvalue weighted by molar-refractivity contribution is 5.25. The van der Waals surface area contributed by atoms with Crippen LogP contribution in [-0.4, -0.2) is 6.61 Å². The molecule has 0 saturated heterocycles. The minimum Gasteiger partial charge on any atom is -0.377 e. The summed E-state index contributed by atoms with van der Waals surface area (Å²) < 4.78 is 5.71. The monoisotopic (exact) mass is 326 g/mol. The molecule has 1 nitrogen and oxygen atoms in total. The summed E-state index contributed by atoms with van der Waals surface area (Å²) in [6, 6.07) is 9.16. The highest BCUT2D eigenvalue weighted by atomic mass is 16.5. The van der Waals surface area contributed by atoms with Crippen molar-refractivity contribution in [1.29, 1.82) is 0 Å². The van der Waals surface area contributed by atoms with E-state index in [4.69, 9.17) is 4.74 Å². The molecule has 0 N–H and O–H groups in total. The number of benzene rings is 1. The standard InChI is InChI=1S/C23H34O/c1-3-5-7-9-20-10-14-22(15-11-20)23-16-12-21(13-17-23)19-24-18-8-6-4-2/h3-5,12-13,16-17,20,22H,2,6-11,14-15,18-19H2,1H3/b5-3+. The lowest BCUT2D eigenvalue weighted by molar-refractivity contribution is 0.119. The van der Waals surface area contributed by atoms with Gasteiger partial charge in [-0.25, -0.2) is 0 Å². The van der Waals surface area contributed by atoms with Gasteiger partial charge in [-0.2, -0.15) is 0 Å². The molecular formula is C23H34O. The lowest BCUT2D eigenvalue weighted by atomic mass is 9.77. The third kappa shape index (κ3) is 6.65. The highest BCUT2D eigenvalue weighted by Crippen LogP contribution is 2.37. The minimum absolute atomic E-state index is 0.731. The Balaban J connectivity index is 1.70. The molecule has 0 heterocycles. The summed E-state index contributed by atoms with van der Waals surface area (Å²) in [6.07, 6.45) is 16.7. The number of rotatable bonds is 10. The maximum absolute atomic E-state index is 5.71. The minimum atomic E-state index is 0.731. The van der Waals surface area contributed by atoms with E-state index in [1.54, 1.807) is 0 Å². The smallest absolute Gasteiger partial charge is 0.0716 e. The Morgan fingerprint density at radius 2 is 1.83 bits per heavy atom. The summed E-state index contributed by atoms with van der Waals surface area (Å²) in [5, 5.41) is 0. The maximum Gasteiger partial charge on any atom is 0.0716 e. The van der Waals surface area contributed by atoms with Crippen LogP contribution in [0, 0.1) is 5.92 Å². The van der Waals surface area contributed by atoms with Gasteiger partial charge in [0.05, 0.1) is 6.61 Å². The first-order valence-electron chi connectivity index (χ1n) is 9.72. The van der Waals surface area contributed by atoms with Gasteiger partial charge in [-0.3, -0.25) is 0 Å². The van der Waals surface area contributed by atoms with Crippen LogP contribution >= 0.6 is 0 Å². The highest BCUT2D eigenvalue weighted by Gasteiger charge is 2.21. The van der Waals surface area contributed by atoms with Gasteiger partial charge in [-0.05, 0) is 81.3 Å². The number of unbranched alkanes of at least 4 members (excludes halogenated alkanes) is 1. The Bertz CT molecular complexity index is 477. The predicted molar refractivity (Wildman–Crippen MR) is 104 cm³/mol. The Kier molecular flexibility index (Phi) is 8.91. The largest absolute Gasteiger partial charge is 0.377 e. The van der Waals surface area contributed by atoms with Crippen molar-refractivity contribution in [2.24, 2.45) is 5.92 Å². The van der Waals surface area contributed by atoms with E-state index in [2.05, 4.69) is 49.9 Å². The molecular weight excluding hydrogens is 292 g/mol. The van der Waals surface area contributed by atoms with Crippen LogP contribution < -0.4 is 0 Å². The SMILES string of the molecule is C=CCCCOCc1ccc(C2CCC(CC/C=C/C)CC2)cc1. The molecule has 0 spiro atoms. The average molecular weight is 327 g/mol. The zero-order chi connectivity index (χ0) is 17.0. The van der Waals surface area contributed by atoms with Gasteiger partial charge in [0.1, 0.15) is 0 Å². The first-order valence-corrected chi connectivity index (χ1v) is 9.72. The predicted octanol–water partition coefficient (Wildman–Crippen LogP) is 6.80. The van der Waals surface area contributed by atoms with E-state index < -0.39 is 0 Å². The molecule has 1 aliphatic carbocycles. The Morgan fingerprint density at radius 1 is 1.08 bits per heavy atom. The lowest BCUT2D eigenvalue weighted by Crippen LogP contribution is -2.13. The summed E-state index contributed by atoms with van der Waals surface area (Å²) in [6.45, 7) is 7.41. The summed E-state index contributed by atoms with van der Waals surface area (Å²) in [4.78, 5) is 0. The van der Waals surface area contributed by atoms with Crippen molar-refractivity contribution in [3.63, 3.8) is 0 Å². The van der Waals surface area contributed by atoms with Crippen LogP contribution in [0.5, 0.6) is 0 Å². The molecule has 1 fully saturated rings. The fourth-order valence-electron chi connectivity index (χ4n) is 3.69. The van der Waals surface area contributed by atoms with Gasteiger partial charge >= 0.3 is 0 Å². The average Bonchev–Trinajstić information content (AvgIpc) is 2.63. The molecule has 0 atom stereocenters. The van der Waals surface area contributed by atoms with Crippen LogP contribution in [0.25, 0.3) is 0 Å². The first kappa shape index (κ1) is 19.0. The van der Waals surface area contributed by atoms with E-state index in [1.165, 1.54) is 49.7 Å². The fraction of sp³-hybridized carbons (Fsp3) is 0.565. The molecule has 0 bridgehead atoms. The van der Waals surface area contributed by atoms with Crippen molar-refractivity contribution >= 4 is 0 Å². The molecule has 1 aromatic rings. The molecule has 0 unspecified atom stereocenters. The summed E-state index contributed by atoms with van der Waals surface area (Å²) in [5.41, 5.74) is 2.81. The molecule has 1 aromatic carbocycles. The van der Waals surface area contributed by atoms with Crippen LogP contribution in [0.4, 0.5) is 0 Å². The molecule has 0 radical (unpaired) electrons. The maximum atomic E-state index is 5.71. The summed E-state index contributed by atoms with van der Waals surface area (Å²) in [5.74, 6) is 1.71. The summed E-state index contributed by atoms with van der Waals surface area (Å²) in [7, 11) is 0. The number of ether oxygens (including phenoxy) is 1. The van der Waals surface area contributed by atoms with Crippen LogP contribution in [0.3, 0.4) is 0 Å². The zero-order valence-electron chi connectivity index (χ0n) is 15.4. The summed E-state index contributed by atoms with van der Waals surface area (Å²) >= 11 is 0. The third-order valence-electron chi connectivity index (χ3n) is 5.24. The van der Waals surface area contributed by atoms with Gasteiger partial charge in [0.2, 0.25) is 0 Å². The van der Waals surface area contributed by atoms with Gasteiger partial charge in [-0.15, -0.1) is 6.58 Å². The number of allylic oxidation sites excluding steroid dienone is 3. The van der Waals surface area contributed by atoms with Crippen LogP contribution in [-0.2, 0) is 11.3 Å². The molecule has 132 valence electrons. The van der Waals surface area contributed by atoms with E-state index in [-0.39, 0.29) is 0 Å². The van der Waals surface area contributed by atoms with Crippen LogP contribution in [0.1, 0.15) is 75.3 Å². The first-order chi connectivity index (χ1) is 11.8. The van der Waals surface area contributed by atoms with E-state index in [1.807, 2.05) is 6.08 Å². The lowest BCUT2D eigenvalue weighted by Gasteiger charge is -2.28. The molecule has 0 amide bonds. The van der Waals surface area contributed by atoms with Crippen molar-refractivity contribution in [1.82, 2.24) is 0 Å². The van der Waals surface area contributed by atoms with Gasteiger partial charge in [0, 0.05) is 6.61 Å². The second-order valence-electron chi connectivity index (χ2n) is 7.09. The third-order valence-corrected chi connectivity index (χ3v) is 5.24. The van der Waals surface area contributed by atoms with E-state index in [0.29, 0.717) is 0 Å². The number of hydrogen-bond acceptors (Lipinski definition) is 1. The van der Waals surface area contributed by atoms with Crippen molar-refractivity contribution in [3.8, 4) is 0 Å². The molecule has 24 heavy (non-hydrogen) atoms. The van der Waals surface area contributed by atoms with Crippen LogP contribution in [0.2, 0.25) is 0 Å². The Hall–Kier alpha value is -1.34. The normalized spacial score (nSPS) is 21.2. The Morgan fingerprint density at radius 3 is 2.50 bits per heavy atom.